The van der Waals surface area contributed by atoms with Crippen molar-refractivity contribution in [3.8, 4) is 0 Å². The van der Waals surface area contributed by atoms with E-state index in [0.717, 1.165) is 38.8 Å². The minimum Gasteiger partial charge on any atom is -0.365 e. The molecule has 16 heavy (non-hydrogen) atoms. The van der Waals surface area contributed by atoms with E-state index in [1.165, 1.54) is 0 Å². The molecule has 2 aliphatic heterocycles. The standard InChI is InChI=1S/C12H22N2O2/c1-9-5-6-11(16-9)12(15)14(2)10-4-3-7-13-8-10/h9-11,13H,3-8H2,1-2H3. The van der Waals surface area contributed by atoms with Gasteiger partial charge >= 0.3 is 0 Å². The summed E-state index contributed by atoms with van der Waals surface area (Å²) < 4.78 is 5.62. The molecule has 0 aromatic carbocycles. The summed E-state index contributed by atoms with van der Waals surface area (Å²) >= 11 is 0. The van der Waals surface area contributed by atoms with E-state index in [-0.39, 0.29) is 18.1 Å². The van der Waals surface area contributed by atoms with Gasteiger partial charge in [-0.2, -0.15) is 0 Å². The quantitative estimate of drug-likeness (QED) is 0.756. The predicted octanol–water partition coefficient (Wildman–Crippen LogP) is 0.764. The van der Waals surface area contributed by atoms with Crippen LogP contribution in [0, 0.1) is 0 Å². The molecule has 3 unspecified atom stereocenters. The van der Waals surface area contributed by atoms with E-state index in [9.17, 15) is 4.79 Å². The van der Waals surface area contributed by atoms with Crippen molar-refractivity contribution in [2.24, 2.45) is 0 Å². The van der Waals surface area contributed by atoms with Gasteiger partial charge in [0.2, 0.25) is 0 Å². The van der Waals surface area contributed by atoms with Crippen molar-refractivity contribution < 1.29 is 9.53 Å². The van der Waals surface area contributed by atoms with Crippen LogP contribution in [0.15, 0.2) is 0 Å². The fourth-order valence-electron chi connectivity index (χ4n) is 2.56. The van der Waals surface area contributed by atoms with Crippen molar-refractivity contribution in [2.45, 2.75) is 50.9 Å². The number of ether oxygens (including phenoxy) is 1. The normalized spacial score (nSPS) is 35.0. The zero-order valence-corrected chi connectivity index (χ0v) is 10.2. The fraction of sp³-hybridized carbons (Fsp3) is 0.917. The van der Waals surface area contributed by atoms with Crippen molar-refractivity contribution in [3.63, 3.8) is 0 Å². The first-order valence-corrected chi connectivity index (χ1v) is 6.31. The van der Waals surface area contributed by atoms with Gasteiger partial charge in [-0.3, -0.25) is 4.79 Å². The molecule has 0 bridgehead atoms. The van der Waals surface area contributed by atoms with Crippen LogP contribution in [0.25, 0.3) is 0 Å². The minimum atomic E-state index is -0.193. The van der Waals surface area contributed by atoms with E-state index in [0.29, 0.717) is 6.04 Å². The molecule has 1 amide bonds. The first kappa shape index (κ1) is 11.9. The summed E-state index contributed by atoms with van der Waals surface area (Å²) in [6.07, 6.45) is 4.20. The van der Waals surface area contributed by atoms with Gasteiger partial charge in [0.1, 0.15) is 6.10 Å². The maximum absolute atomic E-state index is 12.2. The summed E-state index contributed by atoms with van der Waals surface area (Å²) in [4.78, 5) is 14.0. The maximum Gasteiger partial charge on any atom is 0.251 e. The zero-order valence-electron chi connectivity index (χ0n) is 10.2. The number of hydrogen-bond acceptors (Lipinski definition) is 3. The highest BCUT2D eigenvalue weighted by Crippen LogP contribution is 2.22. The molecule has 2 heterocycles. The highest BCUT2D eigenvalue weighted by atomic mass is 16.5. The number of carbonyl (C=O) groups excluding carboxylic acids is 1. The van der Waals surface area contributed by atoms with Crippen LogP contribution in [0.5, 0.6) is 0 Å². The lowest BCUT2D eigenvalue weighted by Gasteiger charge is -2.33. The fourth-order valence-corrected chi connectivity index (χ4v) is 2.56. The molecule has 0 radical (unpaired) electrons. The van der Waals surface area contributed by atoms with Gasteiger partial charge in [0, 0.05) is 19.6 Å². The molecule has 0 aliphatic carbocycles. The molecule has 2 fully saturated rings. The van der Waals surface area contributed by atoms with Crippen LogP contribution in [0.3, 0.4) is 0 Å². The van der Waals surface area contributed by atoms with Gasteiger partial charge < -0.3 is 15.0 Å². The Morgan fingerprint density at radius 2 is 2.19 bits per heavy atom. The molecule has 2 saturated heterocycles. The third kappa shape index (κ3) is 2.55. The lowest BCUT2D eigenvalue weighted by molar-refractivity contribution is -0.143. The Balaban J connectivity index is 1.88. The van der Waals surface area contributed by atoms with E-state index in [1.54, 1.807) is 0 Å². The molecule has 0 aromatic heterocycles. The average molecular weight is 226 g/mol. The molecule has 2 aliphatic rings. The zero-order chi connectivity index (χ0) is 11.5. The van der Waals surface area contributed by atoms with Crippen LogP contribution in [0.1, 0.15) is 32.6 Å². The second kappa shape index (κ2) is 5.15. The molecule has 2 rings (SSSR count). The average Bonchev–Trinajstić information content (AvgIpc) is 2.75. The van der Waals surface area contributed by atoms with Crippen LogP contribution in [0.4, 0.5) is 0 Å². The smallest absolute Gasteiger partial charge is 0.251 e. The van der Waals surface area contributed by atoms with Crippen molar-refractivity contribution in [2.75, 3.05) is 20.1 Å². The van der Waals surface area contributed by atoms with Gasteiger partial charge in [0.15, 0.2) is 0 Å². The third-order valence-electron chi connectivity index (χ3n) is 3.67. The third-order valence-corrected chi connectivity index (χ3v) is 3.67. The molecule has 0 aromatic rings. The van der Waals surface area contributed by atoms with Gasteiger partial charge in [-0.15, -0.1) is 0 Å². The summed E-state index contributed by atoms with van der Waals surface area (Å²) in [6.45, 7) is 4.04. The van der Waals surface area contributed by atoms with Gasteiger partial charge in [-0.05, 0) is 39.2 Å². The molecule has 0 spiro atoms. The molecule has 0 saturated carbocycles. The van der Waals surface area contributed by atoms with Crippen LogP contribution >= 0.6 is 0 Å². The van der Waals surface area contributed by atoms with Gasteiger partial charge in [0.05, 0.1) is 6.10 Å². The lowest BCUT2D eigenvalue weighted by Crippen LogP contribution is -2.49. The number of carbonyl (C=O) groups is 1. The molecule has 1 N–H and O–H groups in total. The van der Waals surface area contributed by atoms with Gasteiger partial charge in [-0.1, -0.05) is 0 Å². The largest absolute Gasteiger partial charge is 0.365 e. The van der Waals surface area contributed by atoms with Crippen molar-refractivity contribution >= 4 is 5.91 Å². The number of nitrogens with zero attached hydrogens (tertiary/aromatic N) is 1. The Kier molecular flexibility index (Phi) is 3.82. The maximum atomic E-state index is 12.2. The van der Waals surface area contributed by atoms with E-state index in [1.807, 2.05) is 18.9 Å². The Labute approximate surface area is 97.3 Å². The van der Waals surface area contributed by atoms with E-state index < -0.39 is 0 Å². The highest BCUT2D eigenvalue weighted by Gasteiger charge is 2.33. The van der Waals surface area contributed by atoms with Crippen LogP contribution in [0.2, 0.25) is 0 Å². The number of nitrogens with one attached hydrogen (secondary N) is 1. The van der Waals surface area contributed by atoms with Crippen LogP contribution < -0.4 is 5.32 Å². The molecular formula is C12H22N2O2. The van der Waals surface area contributed by atoms with Crippen molar-refractivity contribution in [3.05, 3.63) is 0 Å². The monoisotopic (exact) mass is 226 g/mol. The lowest BCUT2D eigenvalue weighted by atomic mass is 10.1. The molecule has 4 nitrogen and oxygen atoms in total. The number of amides is 1. The molecule has 3 atom stereocenters. The highest BCUT2D eigenvalue weighted by molar-refractivity contribution is 5.81. The van der Waals surface area contributed by atoms with Crippen molar-refractivity contribution in [1.29, 1.82) is 0 Å². The number of rotatable bonds is 2. The Morgan fingerprint density at radius 3 is 2.75 bits per heavy atom. The van der Waals surface area contributed by atoms with E-state index >= 15 is 0 Å². The topological polar surface area (TPSA) is 41.6 Å². The molecule has 92 valence electrons. The molecular weight excluding hydrogens is 204 g/mol. The first-order valence-electron chi connectivity index (χ1n) is 6.31. The van der Waals surface area contributed by atoms with Crippen LogP contribution in [-0.2, 0) is 9.53 Å². The van der Waals surface area contributed by atoms with Crippen molar-refractivity contribution in [1.82, 2.24) is 10.2 Å². The number of likely N-dealkylation sites (N-methyl/N-ethyl adjacent to an activating group) is 1. The SMILES string of the molecule is CC1CCC(C(=O)N(C)C2CCCNC2)O1. The number of hydrogen-bond donors (Lipinski definition) is 1. The summed E-state index contributed by atoms with van der Waals surface area (Å²) in [5, 5.41) is 3.34. The van der Waals surface area contributed by atoms with Crippen LogP contribution in [-0.4, -0.2) is 49.2 Å². The van der Waals surface area contributed by atoms with E-state index in [2.05, 4.69) is 5.32 Å². The summed E-state index contributed by atoms with van der Waals surface area (Å²) in [7, 11) is 1.91. The summed E-state index contributed by atoms with van der Waals surface area (Å²) in [5.74, 6) is 0.165. The summed E-state index contributed by atoms with van der Waals surface area (Å²) in [6, 6.07) is 0.348. The second-order valence-corrected chi connectivity index (χ2v) is 4.96. The van der Waals surface area contributed by atoms with E-state index in [4.69, 9.17) is 4.74 Å². The van der Waals surface area contributed by atoms with Gasteiger partial charge in [-0.25, -0.2) is 0 Å². The Hall–Kier alpha value is -0.610. The second-order valence-electron chi connectivity index (χ2n) is 4.96. The Bertz CT molecular complexity index is 251. The number of piperidine rings is 1. The Morgan fingerprint density at radius 1 is 1.38 bits per heavy atom. The molecule has 4 heteroatoms. The van der Waals surface area contributed by atoms with Gasteiger partial charge in [0.25, 0.3) is 5.91 Å². The predicted molar refractivity (Wildman–Crippen MR) is 62.2 cm³/mol. The summed E-state index contributed by atoms with van der Waals surface area (Å²) in [5.41, 5.74) is 0. The minimum absolute atomic E-state index is 0.165. The first-order chi connectivity index (χ1) is 7.68.